The van der Waals surface area contributed by atoms with Gasteiger partial charge in [-0.3, -0.25) is 5.10 Å². The van der Waals surface area contributed by atoms with Gasteiger partial charge in [0.15, 0.2) is 11.4 Å². The number of hydrogen-bond donors (Lipinski definition) is 1. The van der Waals surface area contributed by atoms with Gasteiger partial charge in [-0.1, -0.05) is 29.3 Å². The van der Waals surface area contributed by atoms with Gasteiger partial charge >= 0.3 is 5.97 Å². The maximum Gasteiger partial charge on any atom is 0.364 e. The van der Waals surface area contributed by atoms with Gasteiger partial charge in [-0.05, 0) is 18.2 Å². The lowest BCUT2D eigenvalue weighted by Gasteiger charge is -2.05. The Morgan fingerprint density at radius 3 is 2.81 bits per heavy atom. The van der Waals surface area contributed by atoms with Crippen LogP contribution in [0.5, 0.6) is 5.75 Å². The number of aromatic amines is 1. The summed E-state index contributed by atoms with van der Waals surface area (Å²) in [6, 6.07) is 6.30. The van der Waals surface area contributed by atoms with Crippen molar-refractivity contribution in [3.63, 3.8) is 0 Å². The first-order chi connectivity index (χ1) is 7.68. The Morgan fingerprint density at radius 2 is 2.12 bits per heavy atom. The molecule has 0 spiro atoms. The molecule has 16 heavy (non-hydrogen) atoms. The number of halogens is 2. The highest BCUT2D eigenvalue weighted by Crippen LogP contribution is 2.31. The van der Waals surface area contributed by atoms with E-state index in [1.54, 1.807) is 18.2 Å². The molecule has 0 aliphatic carbocycles. The van der Waals surface area contributed by atoms with Gasteiger partial charge in [0.2, 0.25) is 0 Å². The van der Waals surface area contributed by atoms with Crippen LogP contribution in [0.3, 0.4) is 0 Å². The Hall–Kier alpha value is -1.52. The van der Waals surface area contributed by atoms with E-state index in [-0.39, 0.29) is 16.5 Å². The lowest BCUT2D eigenvalue weighted by Crippen LogP contribution is -2.09. The van der Waals surface area contributed by atoms with E-state index in [2.05, 4.69) is 10.2 Å². The molecule has 2 aromatic rings. The third kappa shape index (κ3) is 2.18. The van der Waals surface area contributed by atoms with E-state index < -0.39 is 5.97 Å². The summed E-state index contributed by atoms with van der Waals surface area (Å²) in [5, 5.41) is 6.73. The standard InChI is InChI=1S/C10H6Cl2N2O2/c11-6-2-1-3-8(9(6)12)16-10(15)7-4-5-13-14-7/h1-5H,(H,13,14). The van der Waals surface area contributed by atoms with Gasteiger partial charge in [0.1, 0.15) is 5.02 Å². The molecule has 0 amide bonds. The number of benzene rings is 1. The minimum atomic E-state index is -0.592. The summed E-state index contributed by atoms with van der Waals surface area (Å²) in [5.41, 5.74) is 0.177. The molecule has 82 valence electrons. The Morgan fingerprint density at radius 1 is 1.31 bits per heavy atom. The van der Waals surface area contributed by atoms with Crippen molar-refractivity contribution in [1.29, 1.82) is 0 Å². The van der Waals surface area contributed by atoms with E-state index >= 15 is 0 Å². The largest absolute Gasteiger partial charge is 0.420 e. The predicted octanol–water partition coefficient (Wildman–Crippen LogP) is 2.94. The fourth-order valence-corrected chi connectivity index (χ4v) is 1.42. The molecule has 1 aromatic carbocycles. The summed E-state index contributed by atoms with van der Waals surface area (Å²) in [4.78, 5) is 11.5. The Balaban J connectivity index is 2.22. The monoisotopic (exact) mass is 256 g/mol. The highest BCUT2D eigenvalue weighted by atomic mass is 35.5. The van der Waals surface area contributed by atoms with Crippen LogP contribution in [0.2, 0.25) is 10.0 Å². The van der Waals surface area contributed by atoms with Crippen molar-refractivity contribution in [2.75, 3.05) is 0 Å². The maximum atomic E-state index is 11.5. The van der Waals surface area contributed by atoms with Crippen molar-refractivity contribution in [1.82, 2.24) is 10.2 Å². The molecular formula is C10H6Cl2N2O2. The summed E-state index contributed by atoms with van der Waals surface area (Å²) in [7, 11) is 0. The van der Waals surface area contributed by atoms with Gasteiger partial charge in [0.05, 0.1) is 5.02 Å². The average Bonchev–Trinajstić information content (AvgIpc) is 2.78. The third-order valence-electron chi connectivity index (χ3n) is 1.83. The fourth-order valence-electron chi connectivity index (χ4n) is 1.09. The molecule has 0 saturated carbocycles. The molecule has 0 aliphatic rings. The highest BCUT2D eigenvalue weighted by molar-refractivity contribution is 6.43. The Labute approximate surface area is 101 Å². The lowest BCUT2D eigenvalue weighted by atomic mass is 10.3. The molecule has 0 aliphatic heterocycles. The van der Waals surface area contributed by atoms with Crippen LogP contribution >= 0.6 is 23.2 Å². The zero-order valence-electron chi connectivity index (χ0n) is 7.91. The van der Waals surface area contributed by atoms with E-state index in [9.17, 15) is 4.79 Å². The van der Waals surface area contributed by atoms with Crippen molar-refractivity contribution < 1.29 is 9.53 Å². The molecule has 1 aromatic heterocycles. The van der Waals surface area contributed by atoms with Crippen molar-refractivity contribution in [2.45, 2.75) is 0 Å². The molecule has 1 N–H and O–H groups in total. The number of carbonyl (C=O) groups is 1. The molecule has 1 heterocycles. The van der Waals surface area contributed by atoms with Crippen LogP contribution in [-0.2, 0) is 0 Å². The first kappa shape index (κ1) is 11.0. The molecular weight excluding hydrogens is 251 g/mol. The van der Waals surface area contributed by atoms with Gasteiger partial charge in [-0.25, -0.2) is 4.79 Å². The number of nitrogens with zero attached hydrogens (tertiary/aromatic N) is 1. The molecule has 0 radical (unpaired) electrons. The average molecular weight is 257 g/mol. The SMILES string of the molecule is O=C(Oc1cccc(Cl)c1Cl)c1cc[nH]n1. The van der Waals surface area contributed by atoms with Crippen LogP contribution in [0.15, 0.2) is 30.5 Å². The summed E-state index contributed by atoms with van der Waals surface area (Å²) in [6.07, 6.45) is 1.52. The summed E-state index contributed by atoms with van der Waals surface area (Å²) < 4.78 is 5.03. The normalized spacial score (nSPS) is 10.1. The number of H-pyrrole nitrogens is 1. The van der Waals surface area contributed by atoms with Gasteiger partial charge in [0, 0.05) is 6.20 Å². The zero-order valence-corrected chi connectivity index (χ0v) is 9.42. The second-order valence-corrected chi connectivity index (χ2v) is 3.69. The van der Waals surface area contributed by atoms with E-state index in [1.807, 2.05) is 0 Å². The lowest BCUT2D eigenvalue weighted by molar-refractivity contribution is 0.0728. The maximum absolute atomic E-state index is 11.5. The van der Waals surface area contributed by atoms with Crippen molar-refractivity contribution in [3.8, 4) is 5.75 Å². The van der Waals surface area contributed by atoms with E-state index in [4.69, 9.17) is 27.9 Å². The molecule has 6 heteroatoms. The van der Waals surface area contributed by atoms with Crippen molar-refractivity contribution in [3.05, 3.63) is 46.2 Å². The number of hydrogen-bond acceptors (Lipinski definition) is 3. The Bertz CT molecular complexity index is 512. The smallest absolute Gasteiger partial charge is 0.364 e. The van der Waals surface area contributed by atoms with Crippen LogP contribution in [-0.4, -0.2) is 16.2 Å². The van der Waals surface area contributed by atoms with Crippen LogP contribution in [0.4, 0.5) is 0 Å². The minimum absolute atomic E-state index is 0.177. The predicted molar refractivity (Wildman–Crippen MR) is 60.0 cm³/mol. The van der Waals surface area contributed by atoms with Crippen LogP contribution in [0.1, 0.15) is 10.5 Å². The topological polar surface area (TPSA) is 55.0 Å². The van der Waals surface area contributed by atoms with Gasteiger partial charge in [-0.2, -0.15) is 5.10 Å². The Kier molecular flexibility index (Phi) is 3.12. The van der Waals surface area contributed by atoms with Crippen molar-refractivity contribution >= 4 is 29.2 Å². The van der Waals surface area contributed by atoms with E-state index in [1.165, 1.54) is 12.3 Å². The second-order valence-electron chi connectivity index (χ2n) is 2.90. The number of rotatable bonds is 2. The van der Waals surface area contributed by atoms with Crippen LogP contribution in [0, 0.1) is 0 Å². The van der Waals surface area contributed by atoms with Gasteiger partial charge in [0.25, 0.3) is 0 Å². The van der Waals surface area contributed by atoms with Crippen LogP contribution < -0.4 is 4.74 Å². The third-order valence-corrected chi connectivity index (χ3v) is 2.63. The summed E-state index contributed by atoms with van der Waals surface area (Å²) in [5.74, 6) is -0.382. The summed E-state index contributed by atoms with van der Waals surface area (Å²) >= 11 is 11.6. The molecule has 2 rings (SSSR count). The quantitative estimate of drug-likeness (QED) is 0.664. The first-order valence-corrected chi connectivity index (χ1v) is 5.10. The number of carbonyl (C=O) groups excluding carboxylic acids is 1. The first-order valence-electron chi connectivity index (χ1n) is 4.34. The number of aromatic nitrogens is 2. The molecule has 4 nitrogen and oxygen atoms in total. The minimum Gasteiger partial charge on any atom is -0.420 e. The number of ether oxygens (including phenoxy) is 1. The highest BCUT2D eigenvalue weighted by Gasteiger charge is 2.13. The summed E-state index contributed by atoms with van der Waals surface area (Å²) in [6.45, 7) is 0. The number of esters is 1. The van der Waals surface area contributed by atoms with E-state index in [0.29, 0.717) is 5.02 Å². The molecule has 0 fully saturated rings. The van der Waals surface area contributed by atoms with Crippen molar-refractivity contribution in [2.24, 2.45) is 0 Å². The van der Waals surface area contributed by atoms with Crippen LogP contribution in [0.25, 0.3) is 0 Å². The zero-order chi connectivity index (χ0) is 11.5. The molecule has 0 unspecified atom stereocenters. The number of nitrogens with one attached hydrogen (secondary N) is 1. The van der Waals surface area contributed by atoms with E-state index in [0.717, 1.165) is 0 Å². The molecule has 0 bridgehead atoms. The second kappa shape index (κ2) is 4.55. The molecule has 0 atom stereocenters. The fraction of sp³-hybridized carbons (Fsp3) is 0. The van der Waals surface area contributed by atoms with Gasteiger partial charge < -0.3 is 4.74 Å². The van der Waals surface area contributed by atoms with Gasteiger partial charge in [-0.15, -0.1) is 0 Å². The molecule has 0 saturated heterocycles.